The number of hydrogen-bond donors (Lipinski definition) is 1. The maximum Gasteiger partial charge on any atom is 0.0806 e. The van der Waals surface area contributed by atoms with Crippen molar-refractivity contribution < 1.29 is 4.74 Å². The molecule has 1 aromatic carbocycles. The molecule has 2 heteroatoms. The second-order valence-electron chi connectivity index (χ2n) is 5.36. The van der Waals surface area contributed by atoms with Crippen LogP contribution in [-0.2, 0) is 11.2 Å². The molecule has 2 rings (SSSR count). The number of nitrogens with one attached hydrogen (secondary N) is 1. The summed E-state index contributed by atoms with van der Waals surface area (Å²) < 4.78 is 6.19. The standard InChI is InChI=1S/C16H25NO/c1-17-14-16(11-5-6-12-16)18-13-7-10-15-8-3-2-4-9-15/h2-4,8-9,17H,5-7,10-14H2,1H3. The summed E-state index contributed by atoms with van der Waals surface area (Å²) in [5, 5.41) is 3.28. The van der Waals surface area contributed by atoms with Gasteiger partial charge in [0.1, 0.15) is 0 Å². The van der Waals surface area contributed by atoms with Gasteiger partial charge in [0, 0.05) is 13.2 Å². The van der Waals surface area contributed by atoms with Crippen LogP contribution in [0, 0.1) is 0 Å². The molecular weight excluding hydrogens is 222 g/mol. The minimum atomic E-state index is 0.130. The summed E-state index contributed by atoms with van der Waals surface area (Å²) in [6.07, 6.45) is 7.32. The van der Waals surface area contributed by atoms with Gasteiger partial charge in [-0.2, -0.15) is 0 Å². The molecule has 0 amide bonds. The van der Waals surface area contributed by atoms with Gasteiger partial charge < -0.3 is 10.1 Å². The van der Waals surface area contributed by atoms with Gasteiger partial charge in [-0.25, -0.2) is 0 Å². The smallest absolute Gasteiger partial charge is 0.0806 e. The Labute approximate surface area is 111 Å². The first-order valence-electron chi connectivity index (χ1n) is 7.17. The molecule has 0 aromatic heterocycles. The van der Waals surface area contributed by atoms with Crippen molar-refractivity contribution in [1.29, 1.82) is 0 Å². The average Bonchev–Trinajstić information content (AvgIpc) is 2.86. The van der Waals surface area contributed by atoms with E-state index in [0.29, 0.717) is 0 Å². The average molecular weight is 247 g/mol. The van der Waals surface area contributed by atoms with Crippen LogP contribution in [0.5, 0.6) is 0 Å². The van der Waals surface area contributed by atoms with E-state index in [4.69, 9.17) is 4.74 Å². The van der Waals surface area contributed by atoms with Gasteiger partial charge in [-0.3, -0.25) is 0 Å². The first kappa shape index (κ1) is 13.6. The monoisotopic (exact) mass is 247 g/mol. The highest BCUT2D eigenvalue weighted by atomic mass is 16.5. The number of aryl methyl sites for hydroxylation is 1. The molecule has 1 aliphatic rings. The minimum absolute atomic E-state index is 0.130. The van der Waals surface area contributed by atoms with Crippen LogP contribution < -0.4 is 5.32 Å². The third kappa shape index (κ3) is 3.82. The SMILES string of the molecule is CNCC1(OCCCc2ccccc2)CCCC1. The van der Waals surface area contributed by atoms with E-state index >= 15 is 0 Å². The van der Waals surface area contributed by atoms with Crippen LogP contribution in [0.15, 0.2) is 30.3 Å². The molecule has 0 saturated heterocycles. The zero-order valence-corrected chi connectivity index (χ0v) is 11.5. The summed E-state index contributed by atoms with van der Waals surface area (Å²) in [4.78, 5) is 0. The topological polar surface area (TPSA) is 21.3 Å². The number of benzene rings is 1. The summed E-state index contributed by atoms with van der Waals surface area (Å²) in [7, 11) is 2.02. The number of hydrogen-bond acceptors (Lipinski definition) is 2. The molecule has 0 unspecified atom stereocenters. The Morgan fingerprint density at radius 1 is 1.17 bits per heavy atom. The lowest BCUT2D eigenvalue weighted by Gasteiger charge is -2.29. The van der Waals surface area contributed by atoms with Gasteiger partial charge in [-0.15, -0.1) is 0 Å². The van der Waals surface area contributed by atoms with Crippen LogP contribution in [0.25, 0.3) is 0 Å². The lowest BCUT2D eigenvalue weighted by atomic mass is 10.0. The molecule has 1 N–H and O–H groups in total. The fourth-order valence-electron chi connectivity index (χ4n) is 2.92. The van der Waals surface area contributed by atoms with Crippen molar-refractivity contribution >= 4 is 0 Å². The molecule has 1 saturated carbocycles. The Morgan fingerprint density at radius 3 is 2.56 bits per heavy atom. The molecule has 0 atom stereocenters. The molecule has 0 spiro atoms. The highest BCUT2D eigenvalue weighted by molar-refractivity contribution is 5.14. The Bertz CT molecular complexity index is 330. The second-order valence-corrected chi connectivity index (χ2v) is 5.36. The first-order valence-corrected chi connectivity index (χ1v) is 7.17. The van der Waals surface area contributed by atoms with E-state index in [1.807, 2.05) is 7.05 Å². The molecule has 100 valence electrons. The first-order chi connectivity index (χ1) is 8.85. The van der Waals surface area contributed by atoms with Crippen LogP contribution in [0.1, 0.15) is 37.7 Å². The van der Waals surface area contributed by atoms with E-state index in [0.717, 1.165) is 26.0 Å². The molecule has 2 nitrogen and oxygen atoms in total. The van der Waals surface area contributed by atoms with Gasteiger partial charge in [0.25, 0.3) is 0 Å². The predicted molar refractivity (Wildman–Crippen MR) is 75.8 cm³/mol. The van der Waals surface area contributed by atoms with Crippen molar-refractivity contribution in [2.24, 2.45) is 0 Å². The van der Waals surface area contributed by atoms with Crippen LogP contribution in [0.2, 0.25) is 0 Å². The number of rotatable bonds is 7. The molecule has 0 aliphatic heterocycles. The fourth-order valence-corrected chi connectivity index (χ4v) is 2.92. The van der Waals surface area contributed by atoms with Crippen molar-refractivity contribution in [1.82, 2.24) is 5.32 Å². The van der Waals surface area contributed by atoms with E-state index < -0.39 is 0 Å². The second kappa shape index (κ2) is 6.91. The Kier molecular flexibility index (Phi) is 5.21. The Balaban J connectivity index is 1.71. The third-order valence-electron chi connectivity index (χ3n) is 3.87. The molecular formula is C16H25NO. The maximum atomic E-state index is 6.19. The van der Waals surface area contributed by atoms with E-state index in [1.165, 1.54) is 31.2 Å². The van der Waals surface area contributed by atoms with Gasteiger partial charge in [-0.05, 0) is 38.3 Å². The normalized spacial score (nSPS) is 18.1. The zero-order valence-electron chi connectivity index (χ0n) is 11.5. The molecule has 18 heavy (non-hydrogen) atoms. The largest absolute Gasteiger partial charge is 0.374 e. The lowest BCUT2D eigenvalue weighted by Crippen LogP contribution is -2.39. The summed E-state index contributed by atoms with van der Waals surface area (Å²) in [6, 6.07) is 10.7. The van der Waals surface area contributed by atoms with Crippen molar-refractivity contribution in [2.75, 3.05) is 20.2 Å². The van der Waals surface area contributed by atoms with Gasteiger partial charge >= 0.3 is 0 Å². The van der Waals surface area contributed by atoms with E-state index in [2.05, 4.69) is 35.6 Å². The summed E-state index contributed by atoms with van der Waals surface area (Å²) >= 11 is 0. The molecule has 0 radical (unpaired) electrons. The fraction of sp³-hybridized carbons (Fsp3) is 0.625. The summed E-state index contributed by atoms with van der Waals surface area (Å²) in [6.45, 7) is 1.88. The Hall–Kier alpha value is -0.860. The van der Waals surface area contributed by atoms with Crippen molar-refractivity contribution in [3.8, 4) is 0 Å². The molecule has 0 heterocycles. The highest BCUT2D eigenvalue weighted by Crippen LogP contribution is 2.32. The number of likely N-dealkylation sites (N-methyl/N-ethyl adjacent to an activating group) is 1. The maximum absolute atomic E-state index is 6.19. The van der Waals surface area contributed by atoms with Crippen LogP contribution in [-0.4, -0.2) is 25.8 Å². The van der Waals surface area contributed by atoms with E-state index in [-0.39, 0.29) is 5.60 Å². The van der Waals surface area contributed by atoms with E-state index in [1.54, 1.807) is 0 Å². The molecule has 1 aliphatic carbocycles. The van der Waals surface area contributed by atoms with Crippen LogP contribution >= 0.6 is 0 Å². The van der Waals surface area contributed by atoms with Gasteiger partial charge in [-0.1, -0.05) is 43.2 Å². The molecule has 1 fully saturated rings. The quantitative estimate of drug-likeness (QED) is 0.747. The van der Waals surface area contributed by atoms with Gasteiger partial charge in [0.15, 0.2) is 0 Å². The van der Waals surface area contributed by atoms with Crippen molar-refractivity contribution in [3.05, 3.63) is 35.9 Å². The van der Waals surface area contributed by atoms with Gasteiger partial charge in [0.05, 0.1) is 5.60 Å². The summed E-state index contributed by atoms with van der Waals surface area (Å²) in [5.74, 6) is 0. The number of ether oxygens (including phenoxy) is 1. The van der Waals surface area contributed by atoms with Gasteiger partial charge in [0.2, 0.25) is 0 Å². The molecule has 1 aromatic rings. The Morgan fingerprint density at radius 2 is 1.89 bits per heavy atom. The lowest BCUT2D eigenvalue weighted by molar-refractivity contribution is -0.0390. The predicted octanol–water partition coefficient (Wildman–Crippen LogP) is 3.17. The van der Waals surface area contributed by atoms with Crippen molar-refractivity contribution in [2.45, 2.75) is 44.1 Å². The van der Waals surface area contributed by atoms with Crippen LogP contribution in [0.4, 0.5) is 0 Å². The van der Waals surface area contributed by atoms with E-state index in [9.17, 15) is 0 Å². The summed E-state index contributed by atoms with van der Waals surface area (Å²) in [5.41, 5.74) is 1.54. The van der Waals surface area contributed by atoms with Crippen molar-refractivity contribution in [3.63, 3.8) is 0 Å². The zero-order chi connectivity index (χ0) is 12.7. The highest BCUT2D eigenvalue weighted by Gasteiger charge is 2.33. The third-order valence-corrected chi connectivity index (χ3v) is 3.87. The minimum Gasteiger partial charge on any atom is -0.374 e. The molecule has 0 bridgehead atoms. The van der Waals surface area contributed by atoms with Crippen LogP contribution in [0.3, 0.4) is 0 Å².